The summed E-state index contributed by atoms with van der Waals surface area (Å²) < 4.78 is 0. The molecule has 0 heterocycles. The van der Waals surface area contributed by atoms with Crippen molar-refractivity contribution in [2.24, 2.45) is 0 Å². The molecule has 0 bridgehead atoms. The van der Waals surface area contributed by atoms with Gasteiger partial charge in [-0.25, -0.2) is 4.79 Å². The van der Waals surface area contributed by atoms with Gasteiger partial charge in [0, 0.05) is 0 Å². The van der Waals surface area contributed by atoms with Gasteiger partial charge in [-0.05, 0) is 43.7 Å². The second-order valence-corrected chi connectivity index (χ2v) is 7.45. The van der Waals surface area contributed by atoms with Gasteiger partial charge in [-0.3, -0.25) is 0 Å². The Bertz CT molecular complexity index is 549. The first-order valence-electron chi connectivity index (χ1n) is 10.9. The first-order chi connectivity index (χ1) is 13.2. The number of hydrogen-bond donors (Lipinski definition) is 2. The predicted octanol–water partition coefficient (Wildman–Crippen LogP) is 7.28. The summed E-state index contributed by atoms with van der Waals surface area (Å²) in [5, 5.41) is 18.9. The third-order valence-corrected chi connectivity index (χ3v) is 5.05. The number of aryl methyl sites for hydroxylation is 1. The zero-order valence-corrected chi connectivity index (χ0v) is 17.1. The molecule has 1 rings (SSSR count). The molecule has 3 heteroatoms. The highest BCUT2D eigenvalue weighted by Crippen LogP contribution is 2.23. The number of hydrogen-bond acceptors (Lipinski definition) is 2. The van der Waals surface area contributed by atoms with Crippen LogP contribution in [0.15, 0.2) is 30.4 Å². The van der Waals surface area contributed by atoms with Crippen LogP contribution in [0.4, 0.5) is 0 Å². The lowest BCUT2D eigenvalue weighted by molar-refractivity contribution is 0.0692. The summed E-state index contributed by atoms with van der Waals surface area (Å²) in [5.41, 5.74) is 0.809. The molecule has 0 aliphatic rings. The molecule has 0 unspecified atom stereocenters. The third kappa shape index (κ3) is 10.8. The molecule has 152 valence electrons. The third-order valence-electron chi connectivity index (χ3n) is 5.05. The van der Waals surface area contributed by atoms with Gasteiger partial charge in [-0.2, -0.15) is 0 Å². The Morgan fingerprint density at radius 2 is 1.41 bits per heavy atom. The summed E-state index contributed by atoms with van der Waals surface area (Å²) >= 11 is 0. The highest BCUT2D eigenvalue weighted by Gasteiger charge is 2.14. The molecule has 0 spiro atoms. The molecular formula is C24H38O3. The topological polar surface area (TPSA) is 57.5 Å². The van der Waals surface area contributed by atoms with Gasteiger partial charge in [0.25, 0.3) is 0 Å². The van der Waals surface area contributed by atoms with Crippen molar-refractivity contribution in [3.8, 4) is 5.75 Å². The molecule has 0 radical (unpaired) electrons. The Hall–Kier alpha value is -1.77. The lowest BCUT2D eigenvalue weighted by Gasteiger charge is -2.08. The van der Waals surface area contributed by atoms with E-state index < -0.39 is 5.97 Å². The molecule has 0 aromatic heterocycles. The van der Waals surface area contributed by atoms with E-state index in [1.54, 1.807) is 6.07 Å². The zero-order chi connectivity index (χ0) is 19.7. The quantitative estimate of drug-likeness (QED) is 0.236. The summed E-state index contributed by atoms with van der Waals surface area (Å²) in [4.78, 5) is 11.2. The number of unbranched alkanes of at least 4 members (excludes halogenated alkanes) is 11. The maximum Gasteiger partial charge on any atom is 0.339 e. The van der Waals surface area contributed by atoms with Crippen LogP contribution in [0.25, 0.3) is 0 Å². The number of carboxylic acid groups (broad SMARTS) is 1. The van der Waals surface area contributed by atoms with Crippen molar-refractivity contribution in [3.05, 3.63) is 41.5 Å². The maximum absolute atomic E-state index is 11.2. The molecule has 3 nitrogen and oxygen atoms in total. The Balaban J connectivity index is 1.98. The van der Waals surface area contributed by atoms with Crippen molar-refractivity contribution in [1.29, 1.82) is 0 Å². The fourth-order valence-corrected chi connectivity index (χ4v) is 3.41. The predicted molar refractivity (Wildman–Crippen MR) is 114 cm³/mol. The smallest absolute Gasteiger partial charge is 0.339 e. The number of allylic oxidation sites excluding steroid dienone is 2. The van der Waals surface area contributed by atoms with Crippen molar-refractivity contribution in [2.75, 3.05) is 0 Å². The molecule has 0 amide bonds. The molecule has 27 heavy (non-hydrogen) atoms. The van der Waals surface area contributed by atoms with Gasteiger partial charge in [0.15, 0.2) is 0 Å². The Morgan fingerprint density at radius 1 is 0.852 bits per heavy atom. The highest BCUT2D eigenvalue weighted by molar-refractivity contribution is 5.92. The summed E-state index contributed by atoms with van der Waals surface area (Å²) in [5.74, 6) is -1.17. The van der Waals surface area contributed by atoms with E-state index in [9.17, 15) is 15.0 Å². The largest absolute Gasteiger partial charge is 0.507 e. The van der Waals surface area contributed by atoms with E-state index in [1.165, 1.54) is 76.7 Å². The Morgan fingerprint density at radius 3 is 2.00 bits per heavy atom. The first-order valence-corrected chi connectivity index (χ1v) is 10.9. The minimum absolute atomic E-state index is 0.0673. The van der Waals surface area contributed by atoms with Crippen LogP contribution < -0.4 is 0 Å². The summed E-state index contributed by atoms with van der Waals surface area (Å²) in [7, 11) is 0. The Kier molecular flexibility index (Phi) is 13.2. The number of phenols is 1. The fraction of sp³-hybridized carbons (Fsp3) is 0.625. The van der Waals surface area contributed by atoms with Crippen LogP contribution in [-0.4, -0.2) is 16.2 Å². The van der Waals surface area contributed by atoms with Crippen LogP contribution >= 0.6 is 0 Å². The average molecular weight is 375 g/mol. The average Bonchev–Trinajstić information content (AvgIpc) is 2.64. The number of aromatic carboxylic acids is 1. The summed E-state index contributed by atoms with van der Waals surface area (Å²) in [6, 6.07) is 4.97. The molecule has 1 aromatic rings. The molecule has 0 saturated carbocycles. The number of aromatic hydroxyl groups is 1. The van der Waals surface area contributed by atoms with Gasteiger partial charge >= 0.3 is 5.97 Å². The molecule has 0 fully saturated rings. The van der Waals surface area contributed by atoms with E-state index in [0.29, 0.717) is 0 Å². The van der Waals surface area contributed by atoms with E-state index in [2.05, 4.69) is 19.1 Å². The SMILES string of the molecule is CCCCC=CCCCCCCCCCCCc1cccc(O)c1C(=O)O. The van der Waals surface area contributed by atoms with Crippen LogP contribution in [-0.2, 0) is 6.42 Å². The van der Waals surface area contributed by atoms with Gasteiger partial charge in [-0.15, -0.1) is 0 Å². The molecule has 1 aromatic carbocycles. The summed E-state index contributed by atoms with van der Waals surface area (Å²) in [6.07, 6.45) is 21.7. The Labute approximate surface area is 165 Å². The monoisotopic (exact) mass is 374 g/mol. The van der Waals surface area contributed by atoms with Crippen LogP contribution in [0.3, 0.4) is 0 Å². The lowest BCUT2D eigenvalue weighted by Crippen LogP contribution is -2.03. The minimum Gasteiger partial charge on any atom is -0.507 e. The molecule has 0 aliphatic heterocycles. The van der Waals surface area contributed by atoms with Gasteiger partial charge in [0.1, 0.15) is 11.3 Å². The fourth-order valence-electron chi connectivity index (χ4n) is 3.41. The van der Waals surface area contributed by atoms with Crippen LogP contribution in [0.1, 0.15) is 106 Å². The van der Waals surface area contributed by atoms with Crippen LogP contribution in [0.2, 0.25) is 0 Å². The van der Waals surface area contributed by atoms with Crippen molar-refractivity contribution < 1.29 is 15.0 Å². The number of benzene rings is 1. The lowest BCUT2D eigenvalue weighted by atomic mass is 9.99. The normalized spacial score (nSPS) is 11.3. The van der Waals surface area contributed by atoms with Crippen molar-refractivity contribution >= 4 is 5.97 Å². The zero-order valence-electron chi connectivity index (χ0n) is 17.1. The van der Waals surface area contributed by atoms with Gasteiger partial charge < -0.3 is 10.2 Å². The molecule has 0 atom stereocenters. The molecule has 0 aliphatic carbocycles. The van der Waals surface area contributed by atoms with Gasteiger partial charge in [0.05, 0.1) is 0 Å². The van der Waals surface area contributed by atoms with E-state index >= 15 is 0 Å². The number of carboxylic acids is 1. The second kappa shape index (κ2) is 15.3. The van der Waals surface area contributed by atoms with Gasteiger partial charge in [-0.1, -0.05) is 89.0 Å². The van der Waals surface area contributed by atoms with Crippen LogP contribution in [0.5, 0.6) is 5.75 Å². The van der Waals surface area contributed by atoms with Crippen LogP contribution in [0, 0.1) is 0 Å². The first kappa shape index (κ1) is 23.3. The van der Waals surface area contributed by atoms with Crippen molar-refractivity contribution in [3.63, 3.8) is 0 Å². The van der Waals surface area contributed by atoms with E-state index in [4.69, 9.17) is 0 Å². The molecule has 2 N–H and O–H groups in total. The van der Waals surface area contributed by atoms with Gasteiger partial charge in [0.2, 0.25) is 0 Å². The number of rotatable bonds is 16. The van der Waals surface area contributed by atoms with Crippen molar-refractivity contribution in [2.45, 2.75) is 96.8 Å². The van der Waals surface area contributed by atoms with E-state index in [-0.39, 0.29) is 11.3 Å². The second-order valence-electron chi connectivity index (χ2n) is 7.45. The highest BCUT2D eigenvalue weighted by atomic mass is 16.4. The standard InChI is InChI=1S/C24H38O3/c1-2-3-4-5-6-7-8-9-10-11-12-13-14-15-16-18-21-19-17-20-22(25)23(21)24(26)27/h5-6,17,19-20,25H,2-4,7-16,18H2,1H3,(H,26,27). The summed E-state index contributed by atoms with van der Waals surface area (Å²) in [6.45, 7) is 2.23. The number of carbonyl (C=O) groups is 1. The van der Waals surface area contributed by atoms with E-state index in [1.807, 2.05) is 6.07 Å². The molecular weight excluding hydrogens is 336 g/mol. The molecule has 0 saturated heterocycles. The van der Waals surface area contributed by atoms with Crippen molar-refractivity contribution in [1.82, 2.24) is 0 Å². The maximum atomic E-state index is 11.2. The van der Waals surface area contributed by atoms with E-state index in [0.717, 1.165) is 24.8 Å². The minimum atomic E-state index is -1.04.